The van der Waals surface area contributed by atoms with Crippen molar-refractivity contribution in [2.24, 2.45) is 7.05 Å². The maximum Gasteiger partial charge on any atom is 0.287 e. The number of likely N-dealkylation sites (tertiary alicyclic amines) is 1. The van der Waals surface area contributed by atoms with E-state index in [9.17, 15) is 14.7 Å². The maximum absolute atomic E-state index is 13.2. The highest BCUT2D eigenvalue weighted by atomic mass is 32.1. The summed E-state index contributed by atoms with van der Waals surface area (Å²) in [5.74, 6) is 0.373. The van der Waals surface area contributed by atoms with Crippen LogP contribution in [0.4, 0.5) is 17.2 Å². The van der Waals surface area contributed by atoms with Crippen molar-refractivity contribution in [3.8, 4) is 11.3 Å². The first kappa shape index (κ1) is 25.9. The first-order chi connectivity index (χ1) is 19.2. The normalized spacial score (nSPS) is 13.9. The van der Waals surface area contributed by atoms with Crippen LogP contribution in [0, 0.1) is 13.8 Å². The minimum Gasteiger partial charge on any atom is -0.390 e. The van der Waals surface area contributed by atoms with Gasteiger partial charge < -0.3 is 15.7 Å². The topological polar surface area (TPSA) is 128 Å². The van der Waals surface area contributed by atoms with Crippen LogP contribution in [0.25, 0.3) is 21.3 Å². The minimum atomic E-state index is -0.370. The number of fused-ring (bicyclic) bond motifs is 1. The summed E-state index contributed by atoms with van der Waals surface area (Å²) in [6.07, 6.45) is -0.269. The van der Waals surface area contributed by atoms with E-state index in [1.165, 1.54) is 11.3 Å². The van der Waals surface area contributed by atoms with Gasteiger partial charge in [-0.1, -0.05) is 30.3 Å². The number of rotatable bonds is 7. The van der Waals surface area contributed by atoms with Crippen LogP contribution < -0.4 is 16.2 Å². The summed E-state index contributed by atoms with van der Waals surface area (Å²) in [5.41, 5.74) is 4.74. The Hall–Kier alpha value is -4.32. The van der Waals surface area contributed by atoms with Crippen LogP contribution in [0.15, 0.2) is 59.4 Å². The number of anilines is 3. The number of hydrogen-bond donors (Lipinski definition) is 4. The summed E-state index contributed by atoms with van der Waals surface area (Å²) in [7, 11) is 1.85. The molecular weight excluding hydrogens is 526 g/mol. The summed E-state index contributed by atoms with van der Waals surface area (Å²) < 4.78 is 2.82. The van der Waals surface area contributed by atoms with Gasteiger partial charge in [0.15, 0.2) is 5.82 Å². The van der Waals surface area contributed by atoms with E-state index in [2.05, 4.69) is 30.8 Å². The Labute approximate surface area is 234 Å². The van der Waals surface area contributed by atoms with Gasteiger partial charge in [0.25, 0.3) is 11.5 Å². The number of nitrogens with one attached hydrogen (secondary N) is 3. The number of H-pyrrole nitrogens is 1. The molecule has 2 aromatic carbocycles. The van der Waals surface area contributed by atoms with Crippen LogP contribution in [0.1, 0.15) is 26.5 Å². The Morgan fingerprint density at radius 2 is 1.95 bits per heavy atom. The molecule has 1 aliphatic rings. The minimum absolute atomic E-state index is 0.167. The quantitative estimate of drug-likeness (QED) is 0.237. The van der Waals surface area contributed by atoms with Gasteiger partial charge in [-0.15, -0.1) is 11.3 Å². The van der Waals surface area contributed by atoms with Crippen molar-refractivity contribution in [1.82, 2.24) is 24.9 Å². The van der Waals surface area contributed by atoms with Crippen LogP contribution in [-0.2, 0) is 13.6 Å². The molecule has 40 heavy (non-hydrogen) atoms. The number of aliphatic hydroxyl groups excluding tert-OH is 1. The lowest BCUT2D eigenvalue weighted by atomic mass is 9.99. The number of nitrogens with zero attached hydrogens (tertiary/aromatic N) is 4. The fourth-order valence-corrected chi connectivity index (χ4v) is 5.93. The third kappa shape index (κ3) is 5.02. The second kappa shape index (κ2) is 10.3. The molecule has 6 rings (SSSR count). The molecule has 1 fully saturated rings. The third-order valence-corrected chi connectivity index (χ3v) is 8.32. The Morgan fingerprint density at radius 3 is 2.73 bits per heavy atom. The molecule has 0 spiro atoms. The van der Waals surface area contributed by atoms with E-state index in [0.29, 0.717) is 47.4 Å². The van der Waals surface area contributed by atoms with Crippen molar-refractivity contribution >= 4 is 44.5 Å². The van der Waals surface area contributed by atoms with Gasteiger partial charge in [-0.3, -0.25) is 19.2 Å². The number of β-amino-alcohol motifs (C(OH)–C–C–N with tert-alkyl or cyclic N) is 1. The predicted molar refractivity (Wildman–Crippen MR) is 157 cm³/mol. The van der Waals surface area contributed by atoms with Gasteiger partial charge in [-0.2, -0.15) is 10.2 Å². The first-order valence-corrected chi connectivity index (χ1v) is 13.8. The lowest BCUT2D eigenvalue weighted by molar-refractivity contribution is -0.00413. The standard InChI is InChI=1S/C29H29N7O3S/c1-16-8-9-21(17(2)27(16)31-29(39)25-10-18-6-4-5-7-24(18)40-25)22-12-23(28(38)33-32-22)30-26-11-19(35(3)34-26)13-36-14-20(37)15-36/h4-12,20,37H,13-15H2,1-3H3,(H,31,39)(H,33,38)(H,30,32,34). The zero-order chi connectivity index (χ0) is 28.0. The van der Waals surface area contributed by atoms with Crippen molar-refractivity contribution in [1.29, 1.82) is 0 Å². The van der Waals surface area contributed by atoms with E-state index >= 15 is 0 Å². The molecule has 204 valence electrons. The molecule has 0 radical (unpaired) electrons. The molecule has 4 N–H and O–H groups in total. The summed E-state index contributed by atoms with van der Waals surface area (Å²) >= 11 is 1.46. The van der Waals surface area contributed by atoms with Crippen molar-refractivity contribution in [2.75, 3.05) is 23.7 Å². The average Bonchev–Trinajstić information content (AvgIpc) is 3.50. The smallest absolute Gasteiger partial charge is 0.287 e. The van der Waals surface area contributed by atoms with Gasteiger partial charge in [0, 0.05) is 48.7 Å². The summed E-state index contributed by atoms with van der Waals surface area (Å²) in [6, 6.07) is 17.3. The second-order valence-corrected chi connectivity index (χ2v) is 11.2. The number of aryl methyl sites for hydroxylation is 2. The lowest BCUT2D eigenvalue weighted by Gasteiger charge is -2.35. The molecule has 0 saturated carbocycles. The number of hydrogen-bond acceptors (Lipinski definition) is 8. The Balaban J connectivity index is 1.25. The number of aromatic nitrogens is 4. The third-order valence-electron chi connectivity index (χ3n) is 7.20. The number of aliphatic hydroxyl groups is 1. The molecule has 4 heterocycles. The largest absolute Gasteiger partial charge is 0.390 e. The Morgan fingerprint density at radius 1 is 1.15 bits per heavy atom. The first-order valence-electron chi connectivity index (χ1n) is 13.0. The molecule has 1 saturated heterocycles. The van der Waals surface area contributed by atoms with E-state index in [-0.39, 0.29) is 17.6 Å². The van der Waals surface area contributed by atoms with Crippen molar-refractivity contribution < 1.29 is 9.90 Å². The van der Waals surface area contributed by atoms with Crippen molar-refractivity contribution in [3.05, 3.63) is 86.6 Å². The number of amides is 1. The predicted octanol–water partition coefficient (Wildman–Crippen LogP) is 4.17. The molecule has 0 aliphatic carbocycles. The monoisotopic (exact) mass is 555 g/mol. The van der Waals surface area contributed by atoms with E-state index in [1.807, 2.05) is 69.4 Å². The van der Waals surface area contributed by atoms with Crippen LogP contribution >= 0.6 is 11.3 Å². The van der Waals surface area contributed by atoms with E-state index in [0.717, 1.165) is 32.5 Å². The average molecular weight is 556 g/mol. The molecule has 0 atom stereocenters. The molecule has 0 bridgehead atoms. The fraction of sp³-hybridized carbons (Fsp3) is 0.241. The van der Waals surface area contributed by atoms with E-state index < -0.39 is 0 Å². The van der Waals surface area contributed by atoms with Gasteiger partial charge in [-0.05, 0) is 48.6 Å². The lowest BCUT2D eigenvalue weighted by Crippen LogP contribution is -2.50. The molecule has 3 aromatic heterocycles. The Kier molecular flexibility index (Phi) is 6.70. The van der Waals surface area contributed by atoms with E-state index in [1.54, 1.807) is 10.7 Å². The van der Waals surface area contributed by atoms with Crippen LogP contribution in [0.2, 0.25) is 0 Å². The zero-order valence-corrected chi connectivity index (χ0v) is 23.2. The molecule has 1 amide bonds. The summed E-state index contributed by atoms with van der Waals surface area (Å²) in [5, 5.41) is 28.2. The maximum atomic E-state index is 13.2. The number of thiophene rings is 1. The number of aromatic amines is 1. The Bertz CT molecular complexity index is 1770. The van der Waals surface area contributed by atoms with E-state index in [4.69, 9.17) is 0 Å². The van der Waals surface area contributed by atoms with Gasteiger partial charge in [0.2, 0.25) is 0 Å². The molecule has 1 aliphatic heterocycles. The van der Waals surface area contributed by atoms with Crippen LogP contribution in [-0.4, -0.2) is 55.1 Å². The van der Waals surface area contributed by atoms with Crippen LogP contribution in [0.5, 0.6) is 0 Å². The molecule has 0 unspecified atom stereocenters. The number of benzene rings is 2. The second-order valence-electron chi connectivity index (χ2n) is 10.1. The summed E-state index contributed by atoms with van der Waals surface area (Å²) in [6.45, 7) is 5.83. The van der Waals surface area contributed by atoms with Gasteiger partial charge >= 0.3 is 0 Å². The number of carbonyl (C=O) groups is 1. The number of carbonyl (C=O) groups excluding carboxylic acids is 1. The highest BCUT2D eigenvalue weighted by molar-refractivity contribution is 7.20. The van der Waals surface area contributed by atoms with Gasteiger partial charge in [-0.25, -0.2) is 5.10 Å². The highest BCUT2D eigenvalue weighted by Crippen LogP contribution is 2.32. The fourth-order valence-electron chi connectivity index (χ4n) is 4.98. The van der Waals surface area contributed by atoms with Gasteiger partial charge in [0.05, 0.1) is 22.4 Å². The SMILES string of the molecule is Cc1ccc(-c2cc(Nc3cc(CN4CC(O)C4)n(C)n3)c(=O)[nH]n2)c(C)c1NC(=O)c1cc2ccccc2s1. The van der Waals surface area contributed by atoms with Crippen LogP contribution in [0.3, 0.4) is 0 Å². The molecule has 10 nitrogen and oxygen atoms in total. The zero-order valence-electron chi connectivity index (χ0n) is 22.4. The van der Waals surface area contributed by atoms with Crippen molar-refractivity contribution in [3.63, 3.8) is 0 Å². The summed E-state index contributed by atoms with van der Waals surface area (Å²) in [4.78, 5) is 28.6. The van der Waals surface area contributed by atoms with Crippen molar-refractivity contribution in [2.45, 2.75) is 26.5 Å². The molecule has 5 aromatic rings. The van der Waals surface area contributed by atoms with Gasteiger partial charge in [0.1, 0.15) is 5.69 Å². The molecule has 11 heteroatoms. The molecular formula is C29H29N7O3S. The highest BCUT2D eigenvalue weighted by Gasteiger charge is 2.25.